The summed E-state index contributed by atoms with van der Waals surface area (Å²) in [7, 11) is 0. The first-order chi connectivity index (χ1) is 15.4. The van der Waals surface area contributed by atoms with Gasteiger partial charge in [0.25, 0.3) is 0 Å². The van der Waals surface area contributed by atoms with E-state index in [0.29, 0.717) is 18.7 Å². The van der Waals surface area contributed by atoms with Crippen LogP contribution in [0.15, 0.2) is 54.6 Å². The minimum Gasteiger partial charge on any atom is -0.505 e. The summed E-state index contributed by atoms with van der Waals surface area (Å²) in [5.74, 6) is 0.210. The third-order valence-electron chi connectivity index (χ3n) is 6.28. The molecule has 1 amide bonds. The zero-order valence-corrected chi connectivity index (χ0v) is 21.3. The average molecular weight is 446 g/mol. The number of carbonyl (C=O) groups excluding carboxylic acids is 1. The topological polar surface area (TPSA) is 40.5 Å². The number of phenols is 1. The molecule has 3 heteroatoms. The van der Waals surface area contributed by atoms with E-state index in [2.05, 4.69) is 66.7 Å². The molecule has 176 valence electrons. The SMILES string of the molecule is CCCCC(=O)N(Cc1cc(C(C)(C)C)cc(C(C)(C)C)c1)c1ccc2ccccc2c1O. The molecular weight excluding hydrogens is 406 g/mol. The standard InChI is InChI=1S/C30H39NO2/c1-8-9-14-27(32)31(26-16-15-22-12-10-11-13-25(22)28(26)33)20-21-17-23(29(2,3)4)19-24(18-21)30(5,6)7/h10-13,15-19,33H,8-9,14,20H2,1-7H3. The molecule has 0 aromatic heterocycles. The molecule has 0 saturated heterocycles. The molecule has 0 heterocycles. The molecule has 1 N–H and O–H groups in total. The Bertz CT molecular complexity index is 1100. The first-order valence-corrected chi connectivity index (χ1v) is 12.1. The van der Waals surface area contributed by atoms with Crippen molar-refractivity contribution in [3.05, 3.63) is 71.3 Å². The van der Waals surface area contributed by atoms with Gasteiger partial charge in [0.15, 0.2) is 0 Å². The first kappa shape index (κ1) is 24.8. The van der Waals surface area contributed by atoms with E-state index in [9.17, 15) is 9.90 Å². The predicted molar refractivity (Wildman–Crippen MR) is 140 cm³/mol. The maximum Gasteiger partial charge on any atom is 0.227 e. The van der Waals surface area contributed by atoms with Crippen molar-refractivity contribution in [1.29, 1.82) is 0 Å². The quantitative estimate of drug-likeness (QED) is 0.419. The fraction of sp³-hybridized carbons (Fsp3) is 0.433. The van der Waals surface area contributed by atoms with E-state index in [4.69, 9.17) is 0 Å². The molecule has 0 aliphatic heterocycles. The molecule has 0 aliphatic carbocycles. The summed E-state index contributed by atoms with van der Waals surface area (Å²) >= 11 is 0. The van der Waals surface area contributed by atoms with Crippen LogP contribution in [0.2, 0.25) is 0 Å². The molecule has 0 aliphatic rings. The number of phenolic OH excluding ortho intramolecular Hbond substituents is 1. The average Bonchev–Trinajstić information content (AvgIpc) is 2.75. The summed E-state index contributed by atoms with van der Waals surface area (Å²) in [5, 5.41) is 12.9. The number of anilines is 1. The lowest BCUT2D eigenvalue weighted by Gasteiger charge is -2.29. The second kappa shape index (κ2) is 9.59. The molecule has 0 spiro atoms. The largest absolute Gasteiger partial charge is 0.505 e. The summed E-state index contributed by atoms with van der Waals surface area (Å²) in [6.07, 6.45) is 2.25. The zero-order valence-electron chi connectivity index (χ0n) is 21.3. The van der Waals surface area contributed by atoms with Crippen LogP contribution in [0, 0.1) is 0 Å². The van der Waals surface area contributed by atoms with Gasteiger partial charge < -0.3 is 10.0 Å². The van der Waals surface area contributed by atoms with Crippen molar-refractivity contribution in [3.8, 4) is 5.75 Å². The van der Waals surface area contributed by atoms with Crippen molar-refractivity contribution >= 4 is 22.4 Å². The smallest absolute Gasteiger partial charge is 0.227 e. The normalized spacial score (nSPS) is 12.2. The van der Waals surface area contributed by atoms with Crippen molar-refractivity contribution in [3.63, 3.8) is 0 Å². The Morgan fingerprint density at radius 1 is 0.879 bits per heavy atom. The first-order valence-electron chi connectivity index (χ1n) is 12.1. The predicted octanol–water partition coefficient (Wildman–Crippen LogP) is 7.86. The second-order valence-corrected chi connectivity index (χ2v) is 11.2. The lowest BCUT2D eigenvalue weighted by atomic mass is 9.79. The molecule has 0 radical (unpaired) electrons. The van der Waals surface area contributed by atoms with Crippen LogP contribution in [0.5, 0.6) is 5.75 Å². The summed E-state index contributed by atoms with van der Waals surface area (Å²) in [5.41, 5.74) is 4.18. The van der Waals surface area contributed by atoms with Crippen LogP contribution in [0.3, 0.4) is 0 Å². The maximum atomic E-state index is 13.4. The van der Waals surface area contributed by atoms with Gasteiger partial charge in [0, 0.05) is 11.8 Å². The number of rotatable bonds is 6. The lowest BCUT2D eigenvalue weighted by Crippen LogP contribution is -2.30. The molecule has 0 bridgehead atoms. The molecule has 0 fully saturated rings. The van der Waals surface area contributed by atoms with Crippen LogP contribution in [-0.2, 0) is 22.2 Å². The second-order valence-electron chi connectivity index (χ2n) is 11.2. The van der Waals surface area contributed by atoms with Crippen molar-refractivity contribution in [2.75, 3.05) is 4.90 Å². The Balaban J connectivity index is 2.12. The van der Waals surface area contributed by atoms with E-state index >= 15 is 0 Å². The summed E-state index contributed by atoms with van der Waals surface area (Å²) in [4.78, 5) is 15.1. The van der Waals surface area contributed by atoms with E-state index in [-0.39, 0.29) is 22.5 Å². The Morgan fingerprint density at radius 2 is 1.48 bits per heavy atom. The van der Waals surface area contributed by atoms with Gasteiger partial charge >= 0.3 is 0 Å². The highest BCUT2D eigenvalue weighted by atomic mass is 16.3. The minimum atomic E-state index is -0.00184. The van der Waals surface area contributed by atoms with Gasteiger partial charge in [-0.2, -0.15) is 0 Å². The number of carbonyl (C=O) groups is 1. The van der Waals surface area contributed by atoms with E-state index in [0.717, 1.165) is 29.2 Å². The van der Waals surface area contributed by atoms with Gasteiger partial charge in [0.2, 0.25) is 5.91 Å². The summed E-state index contributed by atoms with van der Waals surface area (Å²) < 4.78 is 0. The number of aromatic hydroxyl groups is 1. The Labute approximate surface area is 199 Å². The van der Waals surface area contributed by atoms with Crippen molar-refractivity contribution in [2.45, 2.75) is 85.1 Å². The fourth-order valence-electron chi connectivity index (χ4n) is 4.06. The third kappa shape index (κ3) is 5.76. The molecule has 3 aromatic carbocycles. The van der Waals surface area contributed by atoms with Crippen LogP contribution in [0.4, 0.5) is 5.69 Å². The monoisotopic (exact) mass is 445 g/mol. The van der Waals surface area contributed by atoms with Crippen LogP contribution in [-0.4, -0.2) is 11.0 Å². The van der Waals surface area contributed by atoms with Crippen LogP contribution in [0.25, 0.3) is 10.8 Å². The van der Waals surface area contributed by atoms with Gasteiger partial charge in [-0.05, 0) is 45.4 Å². The van der Waals surface area contributed by atoms with Gasteiger partial charge in [-0.1, -0.05) is 103 Å². The fourth-order valence-corrected chi connectivity index (χ4v) is 4.06. The molecule has 0 saturated carbocycles. The molecule has 33 heavy (non-hydrogen) atoms. The molecule has 0 unspecified atom stereocenters. The van der Waals surface area contributed by atoms with E-state index in [1.165, 1.54) is 11.1 Å². The highest BCUT2D eigenvalue weighted by molar-refractivity contribution is 6.00. The number of amides is 1. The zero-order chi connectivity index (χ0) is 24.4. The Morgan fingerprint density at radius 3 is 2.06 bits per heavy atom. The minimum absolute atomic E-state index is 0.00184. The summed E-state index contributed by atoms with van der Waals surface area (Å²) in [6.45, 7) is 15.8. The van der Waals surface area contributed by atoms with Crippen molar-refractivity contribution < 1.29 is 9.90 Å². The highest BCUT2D eigenvalue weighted by Gasteiger charge is 2.24. The number of benzene rings is 3. The van der Waals surface area contributed by atoms with E-state index in [1.807, 2.05) is 36.4 Å². The van der Waals surface area contributed by atoms with Gasteiger partial charge in [0.1, 0.15) is 5.75 Å². The van der Waals surface area contributed by atoms with Crippen molar-refractivity contribution in [2.24, 2.45) is 0 Å². The Kier molecular flexibility index (Phi) is 7.21. The molecule has 0 atom stereocenters. The van der Waals surface area contributed by atoms with Crippen LogP contribution >= 0.6 is 0 Å². The number of nitrogens with zero attached hydrogens (tertiary/aromatic N) is 1. The maximum absolute atomic E-state index is 13.4. The van der Waals surface area contributed by atoms with Crippen LogP contribution < -0.4 is 4.90 Å². The molecule has 3 nitrogen and oxygen atoms in total. The van der Waals surface area contributed by atoms with Crippen molar-refractivity contribution in [1.82, 2.24) is 0 Å². The van der Waals surface area contributed by atoms with E-state index in [1.54, 1.807) is 4.90 Å². The third-order valence-corrected chi connectivity index (χ3v) is 6.28. The van der Waals surface area contributed by atoms with Gasteiger partial charge in [0.05, 0.1) is 12.2 Å². The lowest BCUT2D eigenvalue weighted by molar-refractivity contribution is -0.118. The molecular formula is C30H39NO2. The highest BCUT2D eigenvalue weighted by Crippen LogP contribution is 2.37. The van der Waals surface area contributed by atoms with Gasteiger partial charge in [-0.3, -0.25) is 4.79 Å². The van der Waals surface area contributed by atoms with Gasteiger partial charge in [-0.15, -0.1) is 0 Å². The summed E-state index contributed by atoms with van der Waals surface area (Å²) in [6, 6.07) is 18.3. The van der Waals surface area contributed by atoms with Crippen LogP contribution in [0.1, 0.15) is 84.4 Å². The molecule has 3 aromatic rings. The number of unbranched alkanes of at least 4 members (excludes halogenated alkanes) is 1. The number of hydrogen-bond donors (Lipinski definition) is 1. The van der Waals surface area contributed by atoms with Gasteiger partial charge in [-0.25, -0.2) is 0 Å². The Hall–Kier alpha value is -2.81. The number of hydrogen-bond acceptors (Lipinski definition) is 2. The van der Waals surface area contributed by atoms with E-state index < -0.39 is 0 Å². The molecule has 3 rings (SSSR count). The number of fused-ring (bicyclic) bond motifs is 1.